The third kappa shape index (κ3) is 3.44. The van der Waals surface area contributed by atoms with Gasteiger partial charge < -0.3 is 15.9 Å². The quantitative estimate of drug-likeness (QED) is 0.678. The predicted octanol–water partition coefficient (Wildman–Crippen LogP) is 4.06. The molecule has 0 radical (unpaired) electrons. The molecule has 0 aliphatic carbocycles. The first-order chi connectivity index (χ1) is 13.4. The van der Waals surface area contributed by atoms with Crippen molar-refractivity contribution < 1.29 is 33.0 Å². The van der Waals surface area contributed by atoms with Gasteiger partial charge in [0.05, 0.1) is 22.9 Å². The van der Waals surface area contributed by atoms with Crippen LogP contribution in [0.4, 0.5) is 23.7 Å². The van der Waals surface area contributed by atoms with Crippen LogP contribution < -0.4 is 10.6 Å². The second kappa shape index (κ2) is 6.99. The van der Waals surface area contributed by atoms with Crippen LogP contribution in [0, 0.1) is 6.92 Å². The number of anilines is 1. The molecule has 2 unspecified atom stereocenters. The molecule has 0 spiro atoms. The Balaban J connectivity index is 2.21. The number of halogens is 3. The van der Waals surface area contributed by atoms with Gasteiger partial charge in [0.2, 0.25) is 0 Å². The van der Waals surface area contributed by atoms with E-state index < -0.39 is 35.4 Å². The van der Waals surface area contributed by atoms with E-state index in [4.69, 9.17) is 5.73 Å². The summed E-state index contributed by atoms with van der Waals surface area (Å²) in [6.07, 6.45) is -5.86. The zero-order chi connectivity index (χ0) is 21.7. The number of aromatic nitrogens is 1. The van der Waals surface area contributed by atoms with Crippen LogP contribution in [0.15, 0.2) is 18.2 Å². The van der Waals surface area contributed by atoms with Crippen molar-refractivity contribution in [2.45, 2.75) is 44.4 Å². The smallest absolute Gasteiger partial charge is 0.416 e. The highest BCUT2D eigenvalue weighted by atomic mass is 32.1. The average Bonchev–Trinajstić information content (AvgIpc) is 3.01. The minimum atomic E-state index is -4.59. The van der Waals surface area contributed by atoms with Crippen molar-refractivity contribution >= 4 is 29.1 Å². The van der Waals surface area contributed by atoms with Crippen LogP contribution in [-0.2, 0) is 12.6 Å². The van der Waals surface area contributed by atoms with Crippen molar-refractivity contribution in [2.24, 2.45) is 5.73 Å². The molecule has 7 nitrogen and oxygen atoms in total. The van der Waals surface area contributed by atoms with Gasteiger partial charge >= 0.3 is 18.2 Å². The lowest BCUT2D eigenvalue weighted by Gasteiger charge is -2.48. The third-order valence-electron chi connectivity index (χ3n) is 5.15. The van der Waals surface area contributed by atoms with E-state index in [1.165, 1.54) is 6.92 Å². The summed E-state index contributed by atoms with van der Waals surface area (Å²) in [6.45, 7) is 3.16. The van der Waals surface area contributed by atoms with E-state index in [2.05, 4.69) is 4.98 Å². The molecule has 0 bridgehead atoms. The monoisotopic (exact) mass is 429 g/mol. The Bertz CT molecular complexity index is 991. The van der Waals surface area contributed by atoms with E-state index in [0.717, 1.165) is 34.4 Å². The first-order valence-electron chi connectivity index (χ1n) is 8.63. The molecule has 1 aromatic heterocycles. The molecular formula is C18H18F3N3O4S. The van der Waals surface area contributed by atoms with Crippen LogP contribution in [0.2, 0.25) is 0 Å². The summed E-state index contributed by atoms with van der Waals surface area (Å²) < 4.78 is 39.5. The number of aryl methyl sites for hydroxylation is 1. The Morgan fingerprint density at radius 2 is 2.03 bits per heavy atom. The number of carbonyl (C=O) groups is 2. The Morgan fingerprint density at radius 3 is 2.52 bits per heavy atom. The summed E-state index contributed by atoms with van der Waals surface area (Å²) in [5.74, 6) is -1.99. The number of rotatable bonds is 3. The molecule has 1 aromatic carbocycles. The number of alkyl halides is 3. The molecule has 11 heteroatoms. The zero-order valence-corrected chi connectivity index (χ0v) is 16.3. The molecular weight excluding hydrogens is 411 g/mol. The van der Waals surface area contributed by atoms with E-state index in [-0.39, 0.29) is 39.7 Å². The zero-order valence-electron chi connectivity index (χ0n) is 15.4. The largest absolute Gasteiger partial charge is 0.477 e. The molecule has 0 fully saturated rings. The van der Waals surface area contributed by atoms with E-state index in [1.54, 1.807) is 6.92 Å². The van der Waals surface area contributed by atoms with Crippen LogP contribution in [0.1, 0.15) is 50.8 Å². The molecule has 2 aromatic rings. The van der Waals surface area contributed by atoms with Gasteiger partial charge in [0.1, 0.15) is 15.5 Å². The highest BCUT2D eigenvalue weighted by Crippen LogP contribution is 2.47. The number of hydrogen-bond acceptors (Lipinski definition) is 5. The lowest BCUT2D eigenvalue weighted by molar-refractivity contribution is -0.137. The number of carboxylic acids is 1. The fourth-order valence-corrected chi connectivity index (χ4v) is 4.77. The minimum Gasteiger partial charge on any atom is -0.477 e. The summed E-state index contributed by atoms with van der Waals surface area (Å²) in [6, 6.07) is 2.84. The maximum absolute atomic E-state index is 13.2. The number of hydrogen-bond donors (Lipinski definition) is 3. The van der Waals surface area contributed by atoms with Gasteiger partial charge in [-0.2, -0.15) is 13.2 Å². The Morgan fingerprint density at radius 1 is 1.38 bits per heavy atom. The van der Waals surface area contributed by atoms with Gasteiger partial charge in [-0.05, 0) is 43.5 Å². The SMILES string of the molecule is CCC1(N)C(c2nc(C)c(C(=O)O)s2)Cc2cc(C(F)(F)F)ccc2N1C(=O)O. The van der Waals surface area contributed by atoms with Crippen molar-refractivity contribution in [1.29, 1.82) is 0 Å². The van der Waals surface area contributed by atoms with E-state index >= 15 is 0 Å². The van der Waals surface area contributed by atoms with Crippen LogP contribution in [0.25, 0.3) is 0 Å². The van der Waals surface area contributed by atoms with E-state index in [0.29, 0.717) is 0 Å². The molecule has 1 aliphatic rings. The number of benzene rings is 1. The molecule has 1 aliphatic heterocycles. The van der Waals surface area contributed by atoms with Crippen LogP contribution in [0.3, 0.4) is 0 Å². The van der Waals surface area contributed by atoms with Crippen molar-refractivity contribution in [3.63, 3.8) is 0 Å². The number of amides is 1. The number of nitrogens with zero attached hydrogens (tertiary/aromatic N) is 2. The van der Waals surface area contributed by atoms with Gasteiger partial charge in [-0.1, -0.05) is 6.92 Å². The first kappa shape index (κ1) is 21.1. The van der Waals surface area contributed by atoms with Gasteiger partial charge in [-0.15, -0.1) is 11.3 Å². The van der Waals surface area contributed by atoms with Gasteiger partial charge in [-0.3, -0.25) is 4.90 Å². The van der Waals surface area contributed by atoms with Crippen molar-refractivity contribution in [2.75, 3.05) is 4.90 Å². The summed E-state index contributed by atoms with van der Waals surface area (Å²) >= 11 is 0.857. The Labute approximate surface area is 167 Å². The molecule has 156 valence electrons. The Kier molecular flexibility index (Phi) is 5.08. The van der Waals surface area contributed by atoms with E-state index in [1.807, 2.05) is 0 Å². The molecule has 1 amide bonds. The first-order valence-corrected chi connectivity index (χ1v) is 9.44. The van der Waals surface area contributed by atoms with Crippen LogP contribution in [0.5, 0.6) is 0 Å². The average molecular weight is 429 g/mol. The van der Waals surface area contributed by atoms with Gasteiger partial charge in [-0.25, -0.2) is 14.6 Å². The summed E-state index contributed by atoms with van der Waals surface area (Å²) in [5, 5.41) is 19.4. The number of carboxylic acid groups (broad SMARTS) is 2. The number of fused-ring (bicyclic) bond motifs is 1. The fourth-order valence-electron chi connectivity index (χ4n) is 3.67. The van der Waals surface area contributed by atoms with Crippen molar-refractivity contribution in [3.05, 3.63) is 44.9 Å². The molecule has 4 N–H and O–H groups in total. The van der Waals surface area contributed by atoms with Crippen molar-refractivity contribution in [3.8, 4) is 0 Å². The standard InChI is InChI=1S/C18H18F3N3O4S/c1-3-17(22)11(14-23-8(2)13(29-14)15(25)26)7-9-6-10(18(19,20)21)4-5-12(9)24(17)16(27)28/h4-6,11H,3,7,22H2,1-2H3,(H,25,26)(H,27,28). The number of thiazole rings is 1. The maximum atomic E-state index is 13.2. The van der Waals surface area contributed by atoms with Crippen molar-refractivity contribution in [1.82, 2.24) is 4.98 Å². The lowest BCUT2D eigenvalue weighted by Crippen LogP contribution is -2.64. The lowest BCUT2D eigenvalue weighted by atomic mass is 9.79. The highest BCUT2D eigenvalue weighted by molar-refractivity contribution is 7.13. The number of nitrogens with two attached hydrogens (primary N) is 1. The molecule has 2 atom stereocenters. The third-order valence-corrected chi connectivity index (χ3v) is 6.41. The Hall–Kier alpha value is -2.66. The van der Waals surface area contributed by atoms with Gasteiger partial charge in [0.15, 0.2) is 0 Å². The maximum Gasteiger partial charge on any atom is 0.416 e. The molecule has 0 saturated carbocycles. The minimum absolute atomic E-state index is 0.000609. The summed E-state index contributed by atoms with van der Waals surface area (Å²) in [4.78, 5) is 28.5. The molecule has 2 heterocycles. The summed E-state index contributed by atoms with van der Waals surface area (Å²) in [5.41, 5.74) is 4.58. The molecule has 0 saturated heterocycles. The van der Waals surface area contributed by atoms with Crippen LogP contribution >= 0.6 is 11.3 Å². The summed E-state index contributed by atoms with van der Waals surface area (Å²) in [7, 11) is 0. The second-order valence-corrected chi connectivity index (χ2v) is 7.86. The molecule has 29 heavy (non-hydrogen) atoms. The normalized spacial score (nSPS) is 21.7. The second-order valence-electron chi connectivity index (χ2n) is 6.83. The molecule has 3 rings (SSSR count). The van der Waals surface area contributed by atoms with E-state index in [9.17, 15) is 33.0 Å². The predicted molar refractivity (Wildman–Crippen MR) is 99.4 cm³/mol. The highest BCUT2D eigenvalue weighted by Gasteiger charge is 2.49. The van der Waals surface area contributed by atoms with Crippen LogP contribution in [-0.4, -0.2) is 32.9 Å². The van der Waals surface area contributed by atoms with Gasteiger partial charge in [0, 0.05) is 0 Å². The number of aromatic carboxylic acids is 1. The van der Waals surface area contributed by atoms with Gasteiger partial charge in [0.25, 0.3) is 0 Å². The topological polar surface area (TPSA) is 117 Å². The fraction of sp³-hybridized carbons (Fsp3) is 0.389.